The summed E-state index contributed by atoms with van der Waals surface area (Å²) in [5.74, 6) is 0.784. The van der Waals surface area contributed by atoms with Crippen molar-refractivity contribution in [2.24, 2.45) is 11.7 Å². The second kappa shape index (κ2) is 5.68. The van der Waals surface area contributed by atoms with Crippen molar-refractivity contribution in [3.05, 3.63) is 0 Å². The van der Waals surface area contributed by atoms with Crippen LogP contribution >= 0.6 is 0 Å². The van der Waals surface area contributed by atoms with Crippen molar-refractivity contribution in [2.45, 2.75) is 44.2 Å². The van der Waals surface area contributed by atoms with Crippen LogP contribution in [-0.4, -0.2) is 67.3 Å². The average molecular weight is 267 g/mol. The van der Waals surface area contributed by atoms with Crippen molar-refractivity contribution in [1.29, 1.82) is 0 Å². The van der Waals surface area contributed by atoms with E-state index in [1.54, 1.807) is 0 Å². The summed E-state index contributed by atoms with van der Waals surface area (Å²) in [7, 11) is 0. The van der Waals surface area contributed by atoms with E-state index in [4.69, 9.17) is 10.5 Å². The third-order valence-corrected chi connectivity index (χ3v) is 5.66. The van der Waals surface area contributed by atoms with E-state index in [0.29, 0.717) is 6.10 Å². The fourth-order valence-electron chi connectivity index (χ4n) is 4.56. The lowest BCUT2D eigenvalue weighted by Crippen LogP contribution is -2.64. The Morgan fingerprint density at radius 3 is 2.89 bits per heavy atom. The van der Waals surface area contributed by atoms with Crippen LogP contribution in [0.4, 0.5) is 0 Å². The van der Waals surface area contributed by atoms with Crippen molar-refractivity contribution in [1.82, 2.24) is 9.80 Å². The zero-order chi connectivity index (χ0) is 13.3. The number of fused-ring (bicyclic) bond motifs is 2. The standard InChI is InChI=1S/C15H29N3O/c1-2-19-14-4-3-7-18(11-14)15(12-16)6-9-17-8-5-13(15)10-17/h13-14H,2-12,16H2,1H3. The summed E-state index contributed by atoms with van der Waals surface area (Å²) in [5.41, 5.74) is 6.54. The summed E-state index contributed by atoms with van der Waals surface area (Å²) in [5, 5.41) is 0. The van der Waals surface area contributed by atoms with Gasteiger partial charge in [0.25, 0.3) is 0 Å². The Kier molecular flexibility index (Phi) is 4.13. The lowest BCUT2D eigenvalue weighted by Gasteiger charge is -2.52. The van der Waals surface area contributed by atoms with Crippen LogP contribution in [-0.2, 0) is 4.74 Å². The number of nitrogens with zero attached hydrogens (tertiary/aromatic N) is 2. The lowest BCUT2D eigenvalue weighted by molar-refractivity contribution is -0.0622. The molecule has 3 aliphatic heterocycles. The van der Waals surface area contributed by atoms with E-state index in [1.165, 1.54) is 51.9 Å². The molecular formula is C15H29N3O. The summed E-state index contributed by atoms with van der Waals surface area (Å²) < 4.78 is 5.88. The molecule has 0 aromatic heterocycles. The van der Waals surface area contributed by atoms with Gasteiger partial charge < -0.3 is 15.4 Å². The van der Waals surface area contributed by atoms with Crippen molar-refractivity contribution < 1.29 is 4.74 Å². The smallest absolute Gasteiger partial charge is 0.0702 e. The van der Waals surface area contributed by atoms with Crippen LogP contribution in [0.2, 0.25) is 0 Å². The number of nitrogens with two attached hydrogens (primary N) is 1. The maximum atomic E-state index is 6.27. The quantitative estimate of drug-likeness (QED) is 0.822. The summed E-state index contributed by atoms with van der Waals surface area (Å²) in [4.78, 5) is 5.31. The van der Waals surface area contributed by atoms with Crippen LogP contribution in [0.3, 0.4) is 0 Å². The van der Waals surface area contributed by atoms with E-state index in [-0.39, 0.29) is 5.54 Å². The summed E-state index contributed by atoms with van der Waals surface area (Å²) in [6.45, 7) is 9.88. The molecule has 4 atom stereocenters. The van der Waals surface area contributed by atoms with Gasteiger partial charge in [0.1, 0.15) is 0 Å². The SMILES string of the molecule is CCOC1CCCN(C2(CN)CCN3CCC2C3)C1. The van der Waals surface area contributed by atoms with E-state index < -0.39 is 0 Å². The van der Waals surface area contributed by atoms with Gasteiger partial charge in [0.2, 0.25) is 0 Å². The number of likely N-dealkylation sites (tertiary alicyclic amines) is 1. The Morgan fingerprint density at radius 2 is 2.11 bits per heavy atom. The number of rotatable bonds is 4. The lowest BCUT2D eigenvalue weighted by atomic mass is 9.76. The molecule has 0 amide bonds. The van der Waals surface area contributed by atoms with E-state index in [2.05, 4.69) is 16.7 Å². The van der Waals surface area contributed by atoms with Crippen molar-refractivity contribution in [2.75, 3.05) is 45.9 Å². The van der Waals surface area contributed by atoms with Gasteiger partial charge in [-0.3, -0.25) is 4.90 Å². The maximum Gasteiger partial charge on any atom is 0.0702 e. The van der Waals surface area contributed by atoms with Crippen LogP contribution in [0.1, 0.15) is 32.6 Å². The van der Waals surface area contributed by atoms with E-state index in [0.717, 1.165) is 25.6 Å². The average Bonchev–Trinajstić information content (AvgIpc) is 2.84. The molecule has 0 spiro atoms. The molecule has 0 aliphatic carbocycles. The first-order valence-corrected chi connectivity index (χ1v) is 8.07. The number of ether oxygens (including phenoxy) is 1. The minimum atomic E-state index is 0.267. The molecule has 0 saturated carbocycles. The molecule has 3 heterocycles. The number of hydrogen-bond acceptors (Lipinski definition) is 4. The Balaban J connectivity index is 1.73. The van der Waals surface area contributed by atoms with Crippen molar-refractivity contribution in [3.63, 3.8) is 0 Å². The molecule has 3 fully saturated rings. The van der Waals surface area contributed by atoms with Gasteiger partial charge in [0.05, 0.1) is 6.10 Å². The molecule has 0 aromatic carbocycles. The second-order valence-corrected chi connectivity index (χ2v) is 6.51. The maximum absolute atomic E-state index is 6.27. The molecule has 110 valence electrons. The molecule has 0 aromatic rings. The largest absolute Gasteiger partial charge is 0.377 e. The third-order valence-electron chi connectivity index (χ3n) is 5.66. The Bertz CT molecular complexity index is 310. The van der Waals surface area contributed by atoms with Crippen LogP contribution in [0.15, 0.2) is 0 Å². The van der Waals surface area contributed by atoms with Crippen LogP contribution in [0.5, 0.6) is 0 Å². The molecule has 3 rings (SSSR count). The van der Waals surface area contributed by atoms with Gasteiger partial charge in [0.15, 0.2) is 0 Å². The highest BCUT2D eigenvalue weighted by Crippen LogP contribution is 2.40. The number of piperidine rings is 2. The van der Waals surface area contributed by atoms with Gasteiger partial charge in [-0.15, -0.1) is 0 Å². The summed E-state index contributed by atoms with van der Waals surface area (Å²) >= 11 is 0. The van der Waals surface area contributed by atoms with E-state index >= 15 is 0 Å². The zero-order valence-corrected chi connectivity index (χ0v) is 12.3. The molecule has 19 heavy (non-hydrogen) atoms. The minimum Gasteiger partial charge on any atom is -0.377 e. The van der Waals surface area contributed by atoms with Gasteiger partial charge in [-0.25, -0.2) is 0 Å². The first-order chi connectivity index (χ1) is 9.28. The van der Waals surface area contributed by atoms with Crippen LogP contribution < -0.4 is 5.73 Å². The van der Waals surface area contributed by atoms with Gasteiger partial charge in [-0.05, 0) is 58.2 Å². The summed E-state index contributed by atoms with van der Waals surface area (Å²) in [6.07, 6.45) is 5.52. The zero-order valence-electron chi connectivity index (χ0n) is 12.3. The highest BCUT2D eigenvalue weighted by molar-refractivity contribution is 5.06. The van der Waals surface area contributed by atoms with Crippen molar-refractivity contribution in [3.8, 4) is 0 Å². The van der Waals surface area contributed by atoms with E-state index in [1.807, 2.05) is 0 Å². The second-order valence-electron chi connectivity index (χ2n) is 6.51. The van der Waals surface area contributed by atoms with Gasteiger partial charge in [-0.1, -0.05) is 0 Å². The van der Waals surface area contributed by atoms with Gasteiger partial charge in [-0.2, -0.15) is 0 Å². The highest BCUT2D eigenvalue weighted by Gasteiger charge is 2.49. The Labute approximate surface area is 117 Å². The molecule has 3 aliphatic rings. The molecule has 0 radical (unpaired) electrons. The molecular weight excluding hydrogens is 238 g/mol. The highest BCUT2D eigenvalue weighted by atomic mass is 16.5. The Hall–Kier alpha value is -0.160. The first-order valence-electron chi connectivity index (χ1n) is 8.07. The Morgan fingerprint density at radius 1 is 1.21 bits per heavy atom. The molecule has 4 nitrogen and oxygen atoms in total. The minimum absolute atomic E-state index is 0.267. The fraction of sp³-hybridized carbons (Fsp3) is 1.00. The normalized spacial score (nSPS) is 43.6. The van der Waals surface area contributed by atoms with Gasteiger partial charge in [0, 0.05) is 31.8 Å². The predicted molar refractivity (Wildman–Crippen MR) is 77.2 cm³/mol. The molecule has 2 N–H and O–H groups in total. The van der Waals surface area contributed by atoms with E-state index in [9.17, 15) is 0 Å². The van der Waals surface area contributed by atoms with Gasteiger partial charge >= 0.3 is 0 Å². The number of hydrogen-bond donors (Lipinski definition) is 1. The monoisotopic (exact) mass is 267 g/mol. The van der Waals surface area contributed by atoms with Crippen LogP contribution in [0, 0.1) is 5.92 Å². The third kappa shape index (κ3) is 2.44. The summed E-state index contributed by atoms with van der Waals surface area (Å²) in [6, 6.07) is 0. The van der Waals surface area contributed by atoms with Crippen LogP contribution in [0.25, 0.3) is 0 Å². The van der Waals surface area contributed by atoms with Crippen molar-refractivity contribution >= 4 is 0 Å². The first kappa shape index (κ1) is 13.8. The topological polar surface area (TPSA) is 41.7 Å². The fourth-order valence-corrected chi connectivity index (χ4v) is 4.56. The predicted octanol–water partition coefficient (Wildman–Crippen LogP) is 0.910. The molecule has 4 heteroatoms. The molecule has 4 unspecified atom stereocenters. The molecule has 2 bridgehead atoms. The molecule has 3 saturated heterocycles.